The molecule has 4 aromatic rings. The third kappa shape index (κ3) is 6.63. The molecule has 5 rings (SSSR count). The summed E-state index contributed by atoms with van der Waals surface area (Å²) in [5, 5.41) is 12.7. The topological polar surface area (TPSA) is 83.8 Å². The fourth-order valence-corrected chi connectivity index (χ4v) is 4.82. The van der Waals surface area contributed by atoms with Gasteiger partial charge in [0.2, 0.25) is 0 Å². The third-order valence-electron chi connectivity index (χ3n) is 7.05. The summed E-state index contributed by atoms with van der Waals surface area (Å²) in [4.78, 5) is 27.5. The highest BCUT2D eigenvalue weighted by Gasteiger charge is 2.20. The Morgan fingerprint density at radius 1 is 0.872 bits per heavy atom. The largest absolute Gasteiger partial charge is 0.394 e. The molecule has 0 amide bonds. The number of aryl methyl sites for hydroxylation is 1. The van der Waals surface area contributed by atoms with Gasteiger partial charge in [-0.05, 0) is 71.8 Å². The van der Waals surface area contributed by atoms with Crippen LogP contribution in [0, 0.1) is 0 Å². The van der Waals surface area contributed by atoms with Gasteiger partial charge in [0, 0.05) is 61.8 Å². The van der Waals surface area contributed by atoms with E-state index in [1.807, 2.05) is 103 Å². The molecule has 1 fully saturated rings. The number of Topliss-reactive ketones (excluding diaryl/α,β-unsaturated/α-hetero) is 2. The normalized spacial score (nSPS) is 15.2. The molecule has 1 aliphatic rings. The molecule has 1 aliphatic heterocycles. The molecule has 39 heavy (non-hydrogen) atoms. The third-order valence-corrected chi connectivity index (χ3v) is 7.05. The highest BCUT2D eigenvalue weighted by molar-refractivity contribution is 5.98. The van der Waals surface area contributed by atoms with Crippen LogP contribution in [0.2, 0.25) is 0 Å². The fraction of sp³-hybridized carbons (Fsp3) is 0.250. The highest BCUT2D eigenvalue weighted by Crippen LogP contribution is 2.21. The lowest BCUT2D eigenvalue weighted by Crippen LogP contribution is -2.44. The van der Waals surface area contributed by atoms with Gasteiger partial charge in [0.05, 0.1) is 25.0 Å². The first-order valence-electron chi connectivity index (χ1n) is 13.2. The van der Waals surface area contributed by atoms with Crippen LogP contribution in [0.1, 0.15) is 32.0 Å². The predicted octanol–water partition coefficient (Wildman–Crippen LogP) is 4.82. The molecule has 2 N–H and O–H groups in total. The number of hydrogen-bond acceptors (Lipinski definition) is 6. The Labute approximate surface area is 228 Å². The number of nitrogens with one attached hydrogen (secondary N) is 1. The van der Waals surface area contributed by atoms with E-state index in [1.165, 1.54) is 0 Å². The molecular formula is C32H33N3O4. The summed E-state index contributed by atoms with van der Waals surface area (Å²) in [7, 11) is 1.88. The molecule has 1 unspecified atom stereocenters. The number of ketones is 2. The molecule has 7 heteroatoms. The van der Waals surface area contributed by atoms with Crippen molar-refractivity contribution < 1.29 is 19.4 Å². The molecule has 1 saturated heterocycles. The minimum Gasteiger partial charge on any atom is -0.394 e. The van der Waals surface area contributed by atoms with Crippen molar-refractivity contribution in [2.75, 3.05) is 36.5 Å². The number of ether oxygens (including phenoxy) is 1. The smallest absolute Gasteiger partial charge is 0.183 e. The van der Waals surface area contributed by atoms with Crippen LogP contribution in [0.3, 0.4) is 0 Å². The molecule has 1 aromatic heterocycles. The number of rotatable bonds is 10. The van der Waals surface area contributed by atoms with Crippen LogP contribution < -0.4 is 10.2 Å². The van der Waals surface area contributed by atoms with Crippen molar-refractivity contribution in [1.82, 2.24) is 4.57 Å². The van der Waals surface area contributed by atoms with Crippen molar-refractivity contribution in [3.05, 3.63) is 114 Å². The summed E-state index contributed by atoms with van der Waals surface area (Å²) in [6.07, 6.45) is 2.39. The van der Waals surface area contributed by atoms with Crippen molar-refractivity contribution in [1.29, 1.82) is 0 Å². The van der Waals surface area contributed by atoms with Crippen LogP contribution in [-0.4, -0.2) is 53.6 Å². The van der Waals surface area contributed by atoms with Crippen LogP contribution in [0.25, 0.3) is 0 Å². The second kappa shape index (κ2) is 12.1. The average molecular weight is 524 g/mol. The van der Waals surface area contributed by atoms with Gasteiger partial charge in [-0.25, -0.2) is 0 Å². The van der Waals surface area contributed by atoms with E-state index in [1.54, 1.807) is 0 Å². The quantitative estimate of drug-likeness (QED) is 0.290. The molecule has 0 bridgehead atoms. The molecule has 3 aromatic carbocycles. The Morgan fingerprint density at radius 3 is 2.05 bits per heavy atom. The van der Waals surface area contributed by atoms with E-state index in [9.17, 15) is 14.7 Å². The van der Waals surface area contributed by atoms with Gasteiger partial charge in [0.15, 0.2) is 11.6 Å². The van der Waals surface area contributed by atoms with Gasteiger partial charge in [-0.3, -0.25) is 9.59 Å². The number of carbonyl (C=O) groups is 2. The summed E-state index contributed by atoms with van der Waals surface area (Å²) in [5.74, 6) is 0.163. The fourth-order valence-electron chi connectivity index (χ4n) is 4.82. The average Bonchev–Trinajstić information content (AvgIpc) is 3.41. The van der Waals surface area contributed by atoms with Crippen molar-refractivity contribution in [2.24, 2.45) is 7.05 Å². The van der Waals surface area contributed by atoms with Gasteiger partial charge in [-0.2, -0.15) is 0 Å². The molecule has 1 atom stereocenters. The van der Waals surface area contributed by atoms with Crippen molar-refractivity contribution >= 4 is 28.6 Å². The first-order chi connectivity index (χ1) is 19.0. The van der Waals surface area contributed by atoms with Gasteiger partial charge in [0.1, 0.15) is 0 Å². The summed E-state index contributed by atoms with van der Waals surface area (Å²) in [6.45, 7) is 1.99. The van der Waals surface area contributed by atoms with E-state index in [4.69, 9.17) is 4.74 Å². The second-order valence-electron chi connectivity index (χ2n) is 9.89. The molecule has 0 aliphatic carbocycles. The number of aliphatic hydroxyl groups is 1. The van der Waals surface area contributed by atoms with Gasteiger partial charge in [-0.15, -0.1) is 0 Å². The summed E-state index contributed by atoms with van der Waals surface area (Å²) in [6, 6.07) is 27.1. The first-order valence-corrected chi connectivity index (χ1v) is 13.2. The van der Waals surface area contributed by atoms with E-state index >= 15 is 0 Å². The number of aliphatic hydroxyl groups excluding tert-OH is 1. The Kier molecular flexibility index (Phi) is 8.20. The van der Waals surface area contributed by atoms with Crippen LogP contribution in [0.15, 0.2) is 91.1 Å². The lowest BCUT2D eigenvalue weighted by atomic mass is 10.0. The van der Waals surface area contributed by atoms with Crippen molar-refractivity contribution in [2.45, 2.75) is 18.9 Å². The number of hydrogen-bond donors (Lipinski definition) is 2. The number of carbonyl (C=O) groups excluding carboxylic acids is 2. The van der Waals surface area contributed by atoms with Crippen LogP contribution in [0.4, 0.5) is 17.1 Å². The van der Waals surface area contributed by atoms with E-state index < -0.39 is 0 Å². The maximum Gasteiger partial charge on any atom is 0.183 e. The molecular weight excluding hydrogens is 490 g/mol. The maximum absolute atomic E-state index is 12.9. The number of anilines is 3. The molecule has 0 saturated carbocycles. The summed E-state index contributed by atoms with van der Waals surface area (Å²) >= 11 is 0. The van der Waals surface area contributed by atoms with Gasteiger partial charge in [-0.1, -0.05) is 24.3 Å². The number of nitrogens with zero attached hydrogens (tertiary/aromatic N) is 2. The Morgan fingerprint density at radius 2 is 1.49 bits per heavy atom. The molecule has 7 nitrogen and oxygen atoms in total. The molecule has 2 heterocycles. The van der Waals surface area contributed by atoms with Crippen LogP contribution >= 0.6 is 0 Å². The van der Waals surface area contributed by atoms with E-state index in [0.29, 0.717) is 37.3 Å². The first kappa shape index (κ1) is 26.4. The predicted molar refractivity (Wildman–Crippen MR) is 153 cm³/mol. The Balaban J connectivity index is 1.13. The van der Waals surface area contributed by atoms with Crippen molar-refractivity contribution in [3.8, 4) is 0 Å². The van der Waals surface area contributed by atoms with Gasteiger partial charge in [0.25, 0.3) is 0 Å². The molecule has 200 valence electrons. The van der Waals surface area contributed by atoms with E-state index in [-0.39, 0.29) is 24.3 Å². The van der Waals surface area contributed by atoms with Crippen LogP contribution in [0.5, 0.6) is 0 Å². The Hall–Kier alpha value is -4.20. The summed E-state index contributed by atoms with van der Waals surface area (Å²) < 4.78 is 7.36. The van der Waals surface area contributed by atoms with E-state index in [2.05, 4.69) is 10.2 Å². The number of benzene rings is 3. The number of aromatic nitrogens is 1. The lowest BCUT2D eigenvalue weighted by molar-refractivity contribution is 0.00357. The molecule has 0 radical (unpaired) electrons. The highest BCUT2D eigenvalue weighted by atomic mass is 16.5. The zero-order valence-electron chi connectivity index (χ0n) is 22.0. The molecule has 0 spiro atoms. The monoisotopic (exact) mass is 523 g/mol. The second-order valence-corrected chi connectivity index (χ2v) is 9.89. The Bertz CT molecular complexity index is 1410. The lowest BCUT2D eigenvalue weighted by Gasteiger charge is -2.33. The standard InChI is InChI=1S/C32H33N3O4/c1-34-16-2-3-30(34)32(38)20-24-6-12-27(13-7-24)33-26-10-4-23(5-11-26)19-31(37)25-8-14-28(15-9-25)35-17-18-39-29(21-35)22-36/h2-16,29,33,36H,17-22H2,1H3. The zero-order valence-corrected chi connectivity index (χ0v) is 22.0. The summed E-state index contributed by atoms with van der Waals surface area (Å²) in [5.41, 5.74) is 6.18. The zero-order chi connectivity index (χ0) is 27.2. The minimum absolute atomic E-state index is 0.00491. The van der Waals surface area contributed by atoms with Gasteiger partial charge >= 0.3 is 0 Å². The minimum atomic E-state index is -0.174. The van der Waals surface area contributed by atoms with E-state index in [0.717, 1.165) is 34.7 Å². The van der Waals surface area contributed by atoms with Gasteiger partial charge < -0.3 is 24.6 Å². The van der Waals surface area contributed by atoms with Crippen LogP contribution in [-0.2, 0) is 24.6 Å². The van der Waals surface area contributed by atoms with Crippen molar-refractivity contribution in [3.63, 3.8) is 0 Å². The number of morpholine rings is 1. The SMILES string of the molecule is Cn1cccc1C(=O)Cc1ccc(Nc2ccc(CC(=O)c3ccc(N4CCOC(CO)C4)cc3)cc2)cc1. The maximum atomic E-state index is 12.9.